The summed E-state index contributed by atoms with van der Waals surface area (Å²) in [6, 6.07) is 5.07. The van der Waals surface area contributed by atoms with Crippen LogP contribution in [-0.2, 0) is 7.05 Å². The van der Waals surface area contributed by atoms with Crippen LogP contribution >= 0.6 is 24.8 Å². The summed E-state index contributed by atoms with van der Waals surface area (Å²) in [6.45, 7) is 6.91. The molecule has 20 heavy (non-hydrogen) atoms. The van der Waals surface area contributed by atoms with Crippen LogP contribution in [0.2, 0.25) is 0 Å². The van der Waals surface area contributed by atoms with Gasteiger partial charge in [0, 0.05) is 45.1 Å². The zero-order valence-corrected chi connectivity index (χ0v) is 14.3. The van der Waals surface area contributed by atoms with E-state index < -0.39 is 0 Å². The number of piperazine rings is 1. The third-order valence-electron chi connectivity index (χ3n) is 4.00. The molecule has 5 heteroatoms. The van der Waals surface area contributed by atoms with Crippen molar-refractivity contribution in [1.29, 1.82) is 0 Å². The lowest BCUT2D eigenvalue weighted by Crippen LogP contribution is -2.45. The molecule has 1 N–H and O–H groups in total. The Bertz CT molecular complexity index is 349. The number of aromatic nitrogens is 1. The van der Waals surface area contributed by atoms with Gasteiger partial charge in [0.2, 0.25) is 0 Å². The topological polar surface area (TPSA) is 20.2 Å². The number of aryl methyl sites for hydroxylation is 1. The number of nitrogens with zero attached hydrogens (tertiary/aromatic N) is 2. The zero-order chi connectivity index (χ0) is 12.8. The van der Waals surface area contributed by atoms with Crippen LogP contribution in [0.5, 0.6) is 0 Å². The molecular weight excluding hydrogens is 293 g/mol. The van der Waals surface area contributed by atoms with Crippen molar-refractivity contribution in [2.45, 2.75) is 38.6 Å². The number of unbranched alkanes of at least 4 members (excludes halogenated alkanes) is 2. The number of halogens is 2. The molecule has 1 fully saturated rings. The number of nitrogens with one attached hydrogen (secondary N) is 1. The van der Waals surface area contributed by atoms with Gasteiger partial charge in [0.1, 0.15) is 0 Å². The van der Waals surface area contributed by atoms with Gasteiger partial charge in [-0.15, -0.1) is 24.8 Å². The maximum absolute atomic E-state index is 3.45. The zero-order valence-electron chi connectivity index (χ0n) is 12.7. The Morgan fingerprint density at radius 3 is 2.45 bits per heavy atom. The van der Waals surface area contributed by atoms with Crippen molar-refractivity contribution in [1.82, 2.24) is 14.8 Å². The molecule has 0 bridgehead atoms. The quantitative estimate of drug-likeness (QED) is 0.810. The molecule has 0 amide bonds. The van der Waals surface area contributed by atoms with Gasteiger partial charge < -0.3 is 9.88 Å². The minimum absolute atomic E-state index is 0. The Hall–Kier alpha value is -0.220. The van der Waals surface area contributed by atoms with E-state index in [1.54, 1.807) is 0 Å². The van der Waals surface area contributed by atoms with Crippen LogP contribution in [0.1, 0.15) is 44.3 Å². The Morgan fingerprint density at radius 2 is 1.90 bits per heavy atom. The Kier molecular flexibility index (Phi) is 10.4. The maximum atomic E-state index is 3.45. The molecule has 0 aromatic carbocycles. The summed E-state index contributed by atoms with van der Waals surface area (Å²) in [4.78, 5) is 2.65. The summed E-state index contributed by atoms with van der Waals surface area (Å²) in [5.74, 6) is 0. The molecule has 0 radical (unpaired) electrons. The van der Waals surface area contributed by atoms with E-state index in [4.69, 9.17) is 0 Å². The third kappa shape index (κ3) is 5.28. The molecule has 3 nitrogen and oxygen atoms in total. The van der Waals surface area contributed by atoms with Crippen LogP contribution in [0, 0.1) is 0 Å². The van der Waals surface area contributed by atoms with Crippen LogP contribution in [0.15, 0.2) is 18.3 Å². The fraction of sp³-hybridized carbons (Fsp3) is 0.733. The minimum atomic E-state index is 0. The van der Waals surface area contributed by atoms with E-state index >= 15 is 0 Å². The van der Waals surface area contributed by atoms with E-state index in [-0.39, 0.29) is 24.8 Å². The van der Waals surface area contributed by atoms with E-state index in [1.165, 1.54) is 44.5 Å². The Labute approximate surface area is 135 Å². The van der Waals surface area contributed by atoms with E-state index in [2.05, 4.69) is 47.1 Å². The molecule has 1 aromatic heterocycles. The summed E-state index contributed by atoms with van der Waals surface area (Å²) < 4.78 is 2.29. The fourth-order valence-electron chi connectivity index (χ4n) is 2.92. The lowest BCUT2D eigenvalue weighted by Gasteiger charge is -2.35. The van der Waals surface area contributed by atoms with Gasteiger partial charge in [-0.1, -0.05) is 26.2 Å². The molecule has 0 saturated carbocycles. The normalized spacial score (nSPS) is 17.1. The molecule has 118 valence electrons. The van der Waals surface area contributed by atoms with E-state index in [1.807, 2.05) is 0 Å². The van der Waals surface area contributed by atoms with Crippen molar-refractivity contribution >= 4 is 24.8 Å². The second-order valence-corrected chi connectivity index (χ2v) is 5.34. The van der Waals surface area contributed by atoms with Gasteiger partial charge in [-0.25, -0.2) is 0 Å². The highest BCUT2D eigenvalue weighted by atomic mass is 35.5. The van der Waals surface area contributed by atoms with Crippen molar-refractivity contribution in [2.24, 2.45) is 7.05 Å². The molecule has 2 rings (SSSR count). The lowest BCUT2D eigenvalue weighted by molar-refractivity contribution is 0.157. The standard InChI is InChI=1S/C15H27N3.2ClH/c1-3-4-5-7-15(14-8-6-11-17(14)2)18-12-9-16-10-13-18;;/h6,8,11,15-16H,3-5,7,9-10,12-13H2,1-2H3;2*1H/t15-;;/m0../s1. The highest BCUT2D eigenvalue weighted by molar-refractivity contribution is 5.85. The van der Waals surface area contributed by atoms with Gasteiger partial charge >= 0.3 is 0 Å². The summed E-state index contributed by atoms with van der Waals surface area (Å²) in [7, 11) is 2.17. The second kappa shape index (κ2) is 10.5. The van der Waals surface area contributed by atoms with Gasteiger partial charge in [-0.3, -0.25) is 4.90 Å². The molecule has 0 unspecified atom stereocenters. The summed E-state index contributed by atoms with van der Waals surface area (Å²) >= 11 is 0. The second-order valence-electron chi connectivity index (χ2n) is 5.34. The molecule has 1 aromatic rings. The average Bonchev–Trinajstić information content (AvgIpc) is 2.82. The summed E-state index contributed by atoms with van der Waals surface area (Å²) in [5.41, 5.74) is 1.48. The maximum Gasteiger partial charge on any atom is 0.0501 e. The lowest BCUT2D eigenvalue weighted by atomic mass is 10.0. The predicted octanol–water partition coefficient (Wildman–Crippen LogP) is 3.40. The van der Waals surface area contributed by atoms with Crippen LogP contribution < -0.4 is 5.32 Å². The molecular formula is C15H29Cl2N3. The first kappa shape index (κ1) is 19.8. The molecule has 0 aliphatic carbocycles. The van der Waals surface area contributed by atoms with Gasteiger partial charge in [0.15, 0.2) is 0 Å². The SMILES string of the molecule is CCCCC[C@@H](c1cccn1C)N1CCNCC1.Cl.Cl. The van der Waals surface area contributed by atoms with E-state index in [0.717, 1.165) is 13.1 Å². The van der Waals surface area contributed by atoms with Gasteiger partial charge in [-0.05, 0) is 18.6 Å². The van der Waals surface area contributed by atoms with Gasteiger partial charge in [-0.2, -0.15) is 0 Å². The van der Waals surface area contributed by atoms with Crippen LogP contribution in [0.3, 0.4) is 0 Å². The van der Waals surface area contributed by atoms with Gasteiger partial charge in [0.05, 0.1) is 6.04 Å². The number of rotatable bonds is 6. The monoisotopic (exact) mass is 321 g/mol. The summed E-state index contributed by atoms with van der Waals surface area (Å²) in [5, 5.41) is 3.45. The molecule has 2 heterocycles. The van der Waals surface area contributed by atoms with Crippen LogP contribution in [-0.4, -0.2) is 35.6 Å². The summed E-state index contributed by atoms with van der Waals surface area (Å²) in [6.07, 6.45) is 7.47. The highest BCUT2D eigenvalue weighted by Gasteiger charge is 2.23. The Morgan fingerprint density at radius 1 is 1.20 bits per heavy atom. The first-order valence-electron chi connectivity index (χ1n) is 7.39. The fourth-order valence-corrected chi connectivity index (χ4v) is 2.92. The van der Waals surface area contributed by atoms with Crippen molar-refractivity contribution in [3.63, 3.8) is 0 Å². The van der Waals surface area contributed by atoms with Crippen molar-refractivity contribution in [2.75, 3.05) is 26.2 Å². The van der Waals surface area contributed by atoms with Gasteiger partial charge in [0.25, 0.3) is 0 Å². The molecule has 0 spiro atoms. The van der Waals surface area contributed by atoms with Crippen molar-refractivity contribution < 1.29 is 0 Å². The first-order valence-corrected chi connectivity index (χ1v) is 7.39. The number of hydrogen-bond acceptors (Lipinski definition) is 2. The number of hydrogen-bond donors (Lipinski definition) is 1. The molecule has 1 aliphatic heterocycles. The average molecular weight is 322 g/mol. The van der Waals surface area contributed by atoms with E-state index in [9.17, 15) is 0 Å². The van der Waals surface area contributed by atoms with Crippen LogP contribution in [0.4, 0.5) is 0 Å². The first-order chi connectivity index (χ1) is 8.83. The molecule has 1 saturated heterocycles. The largest absolute Gasteiger partial charge is 0.353 e. The highest BCUT2D eigenvalue weighted by Crippen LogP contribution is 2.27. The molecule has 1 aliphatic rings. The third-order valence-corrected chi connectivity index (χ3v) is 4.00. The van der Waals surface area contributed by atoms with Crippen LogP contribution in [0.25, 0.3) is 0 Å². The van der Waals surface area contributed by atoms with Crippen molar-refractivity contribution in [3.05, 3.63) is 24.0 Å². The minimum Gasteiger partial charge on any atom is -0.353 e. The van der Waals surface area contributed by atoms with Crippen molar-refractivity contribution in [3.8, 4) is 0 Å². The van der Waals surface area contributed by atoms with E-state index in [0.29, 0.717) is 6.04 Å². The Balaban J connectivity index is 0.00000180. The smallest absolute Gasteiger partial charge is 0.0501 e. The molecule has 1 atom stereocenters. The predicted molar refractivity (Wildman–Crippen MR) is 91.2 cm³/mol.